The summed E-state index contributed by atoms with van der Waals surface area (Å²) in [5.74, 6) is -1.14. The summed E-state index contributed by atoms with van der Waals surface area (Å²) in [5, 5.41) is 8.42. The second kappa shape index (κ2) is 5.75. The molecule has 0 radical (unpaired) electrons. The summed E-state index contributed by atoms with van der Waals surface area (Å²) in [6, 6.07) is 9.83. The van der Waals surface area contributed by atoms with Crippen LogP contribution in [0, 0.1) is 5.92 Å². The van der Waals surface area contributed by atoms with Gasteiger partial charge in [-0.2, -0.15) is 8.78 Å². The first-order valence-electron chi connectivity index (χ1n) is 5.31. The zero-order valence-electron chi connectivity index (χ0n) is 9.24. The van der Waals surface area contributed by atoms with Gasteiger partial charge in [0.25, 0.3) is 0 Å². The summed E-state index contributed by atoms with van der Waals surface area (Å²) >= 11 is 0. The van der Waals surface area contributed by atoms with Gasteiger partial charge in [-0.15, -0.1) is 0 Å². The van der Waals surface area contributed by atoms with Crippen LogP contribution in [0.15, 0.2) is 42.5 Å². The van der Waals surface area contributed by atoms with E-state index < -0.39 is 12.0 Å². The van der Waals surface area contributed by atoms with Gasteiger partial charge >= 0.3 is 6.11 Å². The summed E-state index contributed by atoms with van der Waals surface area (Å²) in [4.78, 5) is 0. The normalized spacial score (nSPS) is 14.2. The second-order valence-electron chi connectivity index (χ2n) is 3.83. The van der Waals surface area contributed by atoms with E-state index >= 15 is 0 Å². The molecular formula is C13H16F2O. The highest BCUT2D eigenvalue weighted by Gasteiger charge is 2.30. The van der Waals surface area contributed by atoms with E-state index in [-0.39, 0.29) is 0 Å². The molecule has 1 N–H and O–H groups in total. The predicted molar refractivity (Wildman–Crippen MR) is 60.2 cm³/mol. The molecule has 1 aromatic rings. The van der Waals surface area contributed by atoms with Crippen LogP contribution in [-0.2, 0) is 6.42 Å². The van der Waals surface area contributed by atoms with Gasteiger partial charge in [-0.1, -0.05) is 49.4 Å². The Balaban J connectivity index is 2.34. The van der Waals surface area contributed by atoms with Gasteiger partial charge in [0.1, 0.15) is 0 Å². The Morgan fingerprint density at radius 2 is 1.94 bits per heavy atom. The quantitative estimate of drug-likeness (QED) is 0.763. The maximum Gasteiger partial charge on any atom is 0.359 e. The van der Waals surface area contributed by atoms with Crippen molar-refractivity contribution in [2.45, 2.75) is 25.9 Å². The first-order valence-corrected chi connectivity index (χ1v) is 5.31. The molecule has 0 saturated heterocycles. The van der Waals surface area contributed by atoms with Gasteiger partial charge in [0, 0.05) is 0 Å². The minimum atomic E-state index is -3.62. The molecule has 0 aliphatic rings. The SMILES string of the molecule is CC(/C=C/CCc1ccccc1)C(O)(F)F. The number of aryl methyl sites for hydroxylation is 1. The summed E-state index contributed by atoms with van der Waals surface area (Å²) in [5.41, 5.74) is 1.18. The van der Waals surface area contributed by atoms with Gasteiger partial charge < -0.3 is 5.11 Å². The van der Waals surface area contributed by atoms with E-state index in [9.17, 15) is 8.78 Å². The van der Waals surface area contributed by atoms with E-state index in [1.165, 1.54) is 18.6 Å². The standard InChI is InChI=1S/C13H16F2O/c1-11(13(14,15)16)7-5-6-10-12-8-3-2-4-9-12/h2-5,7-9,11,16H,6,10H2,1H3/b7-5+. The van der Waals surface area contributed by atoms with E-state index in [0.717, 1.165) is 6.42 Å². The molecule has 16 heavy (non-hydrogen) atoms. The van der Waals surface area contributed by atoms with Crippen molar-refractivity contribution in [1.29, 1.82) is 0 Å². The lowest BCUT2D eigenvalue weighted by atomic mass is 10.1. The van der Waals surface area contributed by atoms with Crippen LogP contribution in [0.25, 0.3) is 0 Å². The number of allylic oxidation sites excluding steroid dienone is 1. The molecule has 0 aliphatic carbocycles. The van der Waals surface area contributed by atoms with Gasteiger partial charge in [0.05, 0.1) is 5.92 Å². The fourth-order valence-corrected chi connectivity index (χ4v) is 1.31. The van der Waals surface area contributed by atoms with Crippen molar-refractivity contribution >= 4 is 0 Å². The van der Waals surface area contributed by atoms with Crippen molar-refractivity contribution in [3.05, 3.63) is 48.0 Å². The molecule has 0 amide bonds. The third-order valence-electron chi connectivity index (χ3n) is 2.42. The molecule has 0 aromatic heterocycles. The molecule has 0 bridgehead atoms. The Labute approximate surface area is 94.4 Å². The highest BCUT2D eigenvalue weighted by molar-refractivity contribution is 5.15. The molecule has 1 atom stereocenters. The molecule has 0 heterocycles. The number of alkyl halides is 2. The van der Waals surface area contributed by atoms with Crippen molar-refractivity contribution in [2.75, 3.05) is 0 Å². The maximum atomic E-state index is 12.4. The average Bonchev–Trinajstić information content (AvgIpc) is 2.24. The largest absolute Gasteiger partial charge is 0.359 e. The summed E-state index contributed by atoms with van der Waals surface area (Å²) in [6.45, 7) is 1.29. The number of aliphatic hydroxyl groups is 1. The Hall–Kier alpha value is -1.22. The van der Waals surface area contributed by atoms with Crippen LogP contribution in [0.2, 0.25) is 0 Å². The lowest BCUT2D eigenvalue weighted by Gasteiger charge is -2.13. The Morgan fingerprint density at radius 3 is 2.50 bits per heavy atom. The lowest BCUT2D eigenvalue weighted by molar-refractivity contribution is -0.222. The molecule has 0 fully saturated rings. The fraction of sp³-hybridized carbons (Fsp3) is 0.385. The third-order valence-corrected chi connectivity index (χ3v) is 2.42. The number of benzene rings is 1. The first kappa shape index (κ1) is 12.8. The van der Waals surface area contributed by atoms with Crippen molar-refractivity contribution in [3.8, 4) is 0 Å². The van der Waals surface area contributed by atoms with Crippen LogP contribution >= 0.6 is 0 Å². The molecular weight excluding hydrogens is 210 g/mol. The average molecular weight is 226 g/mol. The number of hydrogen-bond acceptors (Lipinski definition) is 1. The highest BCUT2D eigenvalue weighted by atomic mass is 19.3. The molecule has 1 unspecified atom stereocenters. The van der Waals surface area contributed by atoms with Crippen molar-refractivity contribution in [2.24, 2.45) is 5.92 Å². The van der Waals surface area contributed by atoms with E-state index in [4.69, 9.17) is 5.11 Å². The van der Waals surface area contributed by atoms with Crippen molar-refractivity contribution in [3.63, 3.8) is 0 Å². The maximum absolute atomic E-state index is 12.4. The molecule has 1 aromatic carbocycles. The summed E-state index contributed by atoms with van der Waals surface area (Å²) in [7, 11) is 0. The monoisotopic (exact) mass is 226 g/mol. The molecule has 0 aliphatic heterocycles. The molecule has 88 valence electrons. The van der Waals surface area contributed by atoms with E-state index in [1.807, 2.05) is 30.3 Å². The number of rotatable bonds is 5. The van der Waals surface area contributed by atoms with Crippen LogP contribution in [0.4, 0.5) is 8.78 Å². The van der Waals surface area contributed by atoms with Gasteiger partial charge in [0.2, 0.25) is 0 Å². The van der Waals surface area contributed by atoms with Crippen LogP contribution < -0.4 is 0 Å². The van der Waals surface area contributed by atoms with Gasteiger partial charge in [-0.25, -0.2) is 0 Å². The third kappa shape index (κ3) is 4.53. The Bertz CT molecular complexity index is 328. The van der Waals surface area contributed by atoms with E-state index in [2.05, 4.69) is 0 Å². The van der Waals surface area contributed by atoms with Gasteiger partial charge in [0.15, 0.2) is 0 Å². The van der Waals surface area contributed by atoms with Crippen LogP contribution in [0.3, 0.4) is 0 Å². The molecule has 0 spiro atoms. The molecule has 1 rings (SSSR count). The molecule has 0 saturated carbocycles. The first-order chi connectivity index (χ1) is 7.50. The molecule has 1 nitrogen and oxygen atoms in total. The Morgan fingerprint density at radius 1 is 1.31 bits per heavy atom. The number of hydrogen-bond donors (Lipinski definition) is 1. The minimum Gasteiger partial charge on any atom is -0.336 e. The topological polar surface area (TPSA) is 20.2 Å². The second-order valence-corrected chi connectivity index (χ2v) is 3.83. The summed E-state index contributed by atoms with van der Waals surface area (Å²) in [6.07, 6.45) is 0.930. The zero-order valence-corrected chi connectivity index (χ0v) is 9.24. The van der Waals surface area contributed by atoms with Crippen LogP contribution in [0.5, 0.6) is 0 Å². The van der Waals surface area contributed by atoms with Crippen LogP contribution in [0.1, 0.15) is 18.9 Å². The zero-order chi connectivity index (χ0) is 12.0. The minimum absolute atomic E-state index is 0.699. The van der Waals surface area contributed by atoms with Crippen molar-refractivity contribution in [1.82, 2.24) is 0 Å². The predicted octanol–water partition coefficient (Wildman–Crippen LogP) is 3.40. The Kier molecular flexibility index (Phi) is 4.62. The van der Waals surface area contributed by atoms with Crippen molar-refractivity contribution < 1.29 is 13.9 Å². The van der Waals surface area contributed by atoms with E-state index in [0.29, 0.717) is 6.42 Å². The summed E-state index contributed by atoms with van der Waals surface area (Å²) < 4.78 is 24.7. The van der Waals surface area contributed by atoms with Gasteiger partial charge in [-0.3, -0.25) is 0 Å². The molecule has 3 heteroatoms. The number of halogens is 2. The van der Waals surface area contributed by atoms with Crippen LogP contribution in [-0.4, -0.2) is 11.2 Å². The fourth-order valence-electron chi connectivity index (χ4n) is 1.31. The van der Waals surface area contributed by atoms with Gasteiger partial charge in [-0.05, 0) is 18.4 Å². The smallest absolute Gasteiger partial charge is 0.336 e. The highest BCUT2D eigenvalue weighted by Crippen LogP contribution is 2.21. The van der Waals surface area contributed by atoms with E-state index in [1.54, 1.807) is 6.08 Å². The lowest BCUT2D eigenvalue weighted by Crippen LogP contribution is -2.23.